The summed E-state index contributed by atoms with van der Waals surface area (Å²) in [5, 5.41) is 10.8. The number of benzene rings is 2. The van der Waals surface area contributed by atoms with Crippen molar-refractivity contribution < 1.29 is 38.4 Å². The smallest absolute Gasteiger partial charge is 0.338 e. The van der Waals surface area contributed by atoms with E-state index < -0.39 is 47.8 Å². The summed E-state index contributed by atoms with van der Waals surface area (Å²) in [5.41, 5.74) is -0.475. The molecule has 1 saturated heterocycles. The van der Waals surface area contributed by atoms with Gasteiger partial charge in [-0.2, -0.15) is 0 Å². The fourth-order valence-corrected chi connectivity index (χ4v) is 4.34. The summed E-state index contributed by atoms with van der Waals surface area (Å²) in [5.74, 6) is -1.85. The van der Waals surface area contributed by atoms with Crippen LogP contribution in [-0.2, 0) is 28.5 Å². The molecule has 0 aliphatic carbocycles. The molecule has 1 aliphatic heterocycles. The zero-order valence-electron chi connectivity index (χ0n) is 17.6. The van der Waals surface area contributed by atoms with Crippen molar-refractivity contribution in [3.8, 4) is 0 Å². The van der Waals surface area contributed by atoms with Crippen molar-refractivity contribution in [2.24, 2.45) is 0 Å². The van der Waals surface area contributed by atoms with E-state index in [4.69, 9.17) is 18.9 Å². The third-order valence-electron chi connectivity index (χ3n) is 4.61. The number of hydrogen-bond acceptors (Lipinski definition) is 9. The Morgan fingerprint density at radius 1 is 0.906 bits per heavy atom. The number of hydrogen-bond donors (Lipinski definition) is 1. The summed E-state index contributed by atoms with van der Waals surface area (Å²) in [6.07, 6.45) is -4.68. The first-order valence-corrected chi connectivity index (χ1v) is 10.8. The molecule has 2 aromatic rings. The molecule has 1 fully saturated rings. The number of esters is 3. The van der Waals surface area contributed by atoms with Crippen molar-refractivity contribution >= 4 is 29.7 Å². The maximum atomic E-state index is 12.3. The number of ether oxygens (including phenoxy) is 4. The predicted molar refractivity (Wildman–Crippen MR) is 115 cm³/mol. The Balaban J connectivity index is 1.81. The molecule has 0 spiro atoms. The van der Waals surface area contributed by atoms with Crippen LogP contribution in [0.25, 0.3) is 0 Å². The van der Waals surface area contributed by atoms with E-state index in [1.54, 1.807) is 30.3 Å². The minimum absolute atomic E-state index is 0.286. The van der Waals surface area contributed by atoms with E-state index in [1.807, 2.05) is 30.3 Å². The van der Waals surface area contributed by atoms with Crippen LogP contribution in [0.1, 0.15) is 24.2 Å². The van der Waals surface area contributed by atoms with Crippen LogP contribution >= 0.6 is 11.8 Å². The van der Waals surface area contributed by atoms with Gasteiger partial charge in [0.25, 0.3) is 0 Å². The maximum absolute atomic E-state index is 12.3. The van der Waals surface area contributed by atoms with Gasteiger partial charge in [0.2, 0.25) is 0 Å². The Labute approximate surface area is 189 Å². The molecule has 0 radical (unpaired) electrons. The molecule has 1 N–H and O–H groups in total. The molecular weight excluding hydrogens is 436 g/mol. The van der Waals surface area contributed by atoms with E-state index in [2.05, 4.69) is 0 Å². The molecule has 9 heteroatoms. The van der Waals surface area contributed by atoms with Gasteiger partial charge >= 0.3 is 17.9 Å². The second kappa shape index (κ2) is 11.1. The highest BCUT2D eigenvalue weighted by atomic mass is 32.2. The lowest BCUT2D eigenvalue weighted by atomic mass is 9.99. The normalized spacial score (nSPS) is 24.9. The molecule has 5 atom stereocenters. The van der Waals surface area contributed by atoms with Crippen molar-refractivity contribution in [3.63, 3.8) is 0 Å². The van der Waals surface area contributed by atoms with Gasteiger partial charge in [0.15, 0.2) is 12.2 Å². The highest BCUT2D eigenvalue weighted by Crippen LogP contribution is 2.36. The fraction of sp³-hybridized carbons (Fsp3) is 0.348. The fourth-order valence-electron chi connectivity index (χ4n) is 3.21. The monoisotopic (exact) mass is 460 g/mol. The zero-order valence-corrected chi connectivity index (χ0v) is 18.4. The van der Waals surface area contributed by atoms with Crippen LogP contribution in [0.15, 0.2) is 65.6 Å². The summed E-state index contributed by atoms with van der Waals surface area (Å²) in [4.78, 5) is 36.6. The van der Waals surface area contributed by atoms with Crippen LogP contribution in [0.2, 0.25) is 0 Å². The molecule has 170 valence electrons. The molecule has 8 nitrogen and oxygen atoms in total. The van der Waals surface area contributed by atoms with Gasteiger partial charge in [-0.25, -0.2) is 4.79 Å². The Bertz CT molecular complexity index is 920. The molecule has 0 unspecified atom stereocenters. The first-order chi connectivity index (χ1) is 15.3. The molecule has 32 heavy (non-hydrogen) atoms. The van der Waals surface area contributed by atoms with E-state index >= 15 is 0 Å². The van der Waals surface area contributed by atoms with Gasteiger partial charge in [0, 0.05) is 18.7 Å². The van der Waals surface area contributed by atoms with E-state index in [-0.39, 0.29) is 6.61 Å². The van der Waals surface area contributed by atoms with E-state index in [9.17, 15) is 19.5 Å². The second-order valence-corrected chi connectivity index (χ2v) is 8.25. The average Bonchev–Trinajstić information content (AvgIpc) is 2.77. The lowest BCUT2D eigenvalue weighted by molar-refractivity contribution is -0.228. The SMILES string of the molecule is CC(=O)O[C@@H]1[C@@H](OC(C)=O)[C@H](O)[C@@H](COC(=O)c2ccccc2)O[C@H]1Sc1ccccc1. The van der Waals surface area contributed by atoms with Crippen LogP contribution in [-0.4, -0.2) is 59.5 Å². The van der Waals surface area contributed by atoms with Gasteiger partial charge in [0.05, 0.1) is 5.56 Å². The van der Waals surface area contributed by atoms with Crippen molar-refractivity contribution in [3.05, 3.63) is 66.2 Å². The summed E-state index contributed by atoms with van der Waals surface area (Å²) in [6, 6.07) is 17.6. The maximum Gasteiger partial charge on any atom is 0.338 e. The van der Waals surface area contributed by atoms with Crippen LogP contribution in [0.3, 0.4) is 0 Å². The zero-order chi connectivity index (χ0) is 23.1. The van der Waals surface area contributed by atoms with Crippen molar-refractivity contribution in [1.82, 2.24) is 0 Å². The van der Waals surface area contributed by atoms with Crippen LogP contribution in [0.5, 0.6) is 0 Å². The van der Waals surface area contributed by atoms with Crippen molar-refractivity contribution in [2.45, 2.75) is 48.6 Å². The second-order valence-electron chi connectivity index (χ2n) is 7.08. The standard InChI is InChI=1S/C23H24O8S/c1-14(24)29-20-19(26)18(13-28-22(27)16-9-5-3-6-10-16)31-23(21(20)30-15(2)25)32-17-11-7-4-8-12-17/h3-12,18-21,23,26H,13H2,1-2H3/t18-,19-,20+,21-,23+/m1/s1. The number of aliphatic hydroxyl groups is 1. The number of rotatable bonds is 7. The predicted octanol–water partition coefficient (Wildman–Crippen LogP) is 2.58. The summed E-state index contributed by atoms with van der Waals surface area (Å²) in [6.45, 7) is 2.12. The number of thioether (sulfide) groups is 1. The summed E-state index contributed by atoms with van der Waals surface area (Å²) >= 11 is 1.24. The minimum Gasteiger partial charge on any atom is -0.459 e. The van der Waals surface area contributed by atoms with E-state index in [1.165, 1.54) is 25.6 Å². The van der Waals surface area contributed by atoms with E-state index in [0.29, 0.717) is 5.56 Å². The Morgan fingerprint density at radius 2 is 1.47 bits per heavy atom. The van der Waals surface area contributed by atoms with Crippen LogP contribution in [0, 0.1) is 0 Å². The summed E-state index contributed by atoms with van der Waals surface area (Å²) in [7, 11) is 0. The number of aliphatic hydroxyl groups excluding tert-OH is 1. The largest absolute Gasteiger partial charge is 0.459 e. The average molecular weight is 461 g/mol. The van der Waals surface area contributed by atoms with Crippen molar-refractivity contribution in [2.75, 3.05) is 6.61 Å². The summed E-state index contributed by atoms with van der Waals surface area (Å²) < 4.78 is 22.0. The molecule has 0 amide bonds. The van der Waals surface area contributed by atoms with Gasteiger partial charge in [-0.3, -0.25) is 9.59 Å². The van der Waals surface area contributed by atoms with E-state index in [0.717, 1.165) is 4.90 Å². The Morgan fingerprint density at radius 3 is 2.06 bits per heavy atom. The molecule has 1 aliphatic rings. The lowest BCUT2D eigenvalue weighted by Gasteiger charge is -2.42. The number of carbonyl (C=O) groups excluding carboxylic acids is 3. The molecule has 0 aromatic heterocycles. The lowest BCUT2D eigenvalue weighted by Crippen LogP contribution is -2.60. The minimum atomic E-state index is -1.39. The highest BCUT2D eigenvalue weighted by molar-refractivity contribution is 7.99. The molecule has 0 bridgehead atoms. The third-order valence-corrected chi connectivity index (χ3v) is 5.76. The quantitative estimate of drug-likeness (QED) is 0.493. The first kappa shape index (κ1) is 23.8. The Kier molecular flexibility index (Phi) is 8.26. The third kappa shape index (κ3) is 6.32. The molecule has 2 aromatic carbocycles. The molecule has 1 heterocycles. The highest BCUT2D eigenvalue weighted by Gasteiger charge is 2.50. The van der Waals surface area contributed by atoms with Gasteiger partial charge in [-0.05, 0) is 24.3 Å². The molecule has 3 rings (SSSR count). The van der Waals surface area contributed by atoms with Gasteiger partial charge < -0.3 is 24.1 Å². The van der Waals surface area contributed by atoms with Crippen LogP contribution < -0.4 is 0 Å². The number of carbonyl (C=O) groups is 3. The van der Waals surface area contributed by atoms with Crippen LogP contribution in [0.4, 0.5) is 0 Å². The van der Waals surface area contributed by atoms with Gasteiger partial charge in [-0.1, -0.05) is 48.2 Å². The first-order valence-electron chi connectivity index (χ1n) is 9.97. The van der Waals surface area contributed by atoms with Crippen molar-refractivity contribution in [1.29, 1.82) is 0 Å². The van der Waals surface area contributed by atoms with Gasteiger partial charge in [0.1, 0.15) is 24.3 Å². The Hall–Kier alpha value is -2.88. The topological polar surface area (TPSA) is 108 Å². The molecular formula is C23H24O8S. The molecule has 0 saturated carbocycles. The van der Waals surface area contributed by atoms with Gasteiger partial charge in [-0.15, -0.1) is 0 Å².